The minimum absolute atomic E-state index is 0.0542. The highest BCUT2D eigenvalue weighted by Gasteiger charge is 2.16. The summed E-state index contributed by atoms with van der Waals surface area (Å²) in [4.78, 5) is 27.8. The van der Waals surface area contributed by atoms with Crippen LogP contribution < -0.4 is 5.32 Å². The summed E-state index contributed by atoms with van der Waals surface area (Å²) in [6, 6.07) is 9.72. The van der Waals surface area contributed by atoms with Gasteiger partial charge < -0.3 is 15.1 Å². The van der Waals surface area contributed by atoms with Gasteiger partial charge >= 0.3 is 6.03 Å². The van der Waals surface area contributed by atoms with Crippen LogP contribution in [0.15, 0.2) is 30.3 Å². The first-order chi connectivity index (χ1) is 11.2. The first-order valence-corrected chi connectivity index (χ1v) is 8.47. The number of nitrogens with one attached hydrogen (secondary N) is 1. The second kappa shape index (κ2) is 9.18. The van der Waals surface area contributed by atoms with E-state index < -0.39 is 0 Å². The Labute approximate surface area is 138 Å². The molecular weight excluding hydrogens is 290 g/mol. The summed E-state index contributed by atoms with van der Waals surface area (Å²) < 4.78 is 0. The molecule has 1 aliphatic rings. The summed E-state index contributed by atoms with van der Waals surface area (Å²) in [5.41, 5.74) is 1.08. The zero-order chi connectivity index (χ0) is 16.5. The maximum Gasteiger partial charge on any atom is 0.317 e. The van der Waals surface area contributed by atoms with Crippen molar-refractivity contribution in [2.45, 2.75) is 38.6 Å². The predicted octanol–water partition coefficient (Wildman–Crippen LogP) is 2.62. The third-order valence-electron chi connectivity index (χ3n) is 4.22. The Kier molecular flexibility index (Phi) is 6.91. The van der Waals surface area contributed by atoms with Gasteiger partial charge in [0, 0.05) is 26.7 Å². The molecule has 1 aromatic rings. The monoisotopic (exact) mass is 317 g/mol. The molecule has 1 fully saturated rings. The maximum atomic E-state index is 12.2. The lowest BCUT2D eigenvalue weighted by Gasteiger charge is -2.25. The molecule has 1 saturated heterocycles. The van der Waals surface area contributed by atoms with Gasteiger partial charge in [0.2, 0.25) is 5.91 Å². The average molecular weight is 317 g/mol. The third kappa shape index (κ3) is 5.93. The Morgan fingerprint density at radius 1 is 1.04 bits per heavy atom. The zero-order valence-corrected chi connectivity index (χ0v) is 14.0. The van der Waals surface area contributed by atoms with Gasteiger partial charge in [-0.25, -0.2) is 4.79 Å². The van der Waals surface area contributed by atoms with E-state index >= 15 is 0 Å². The quantitative estimate of drug-likeness (QED) is 0.928. The minimum Gasteiger partial charge on any atom is -0.340 e. The SMILES string of the molecule is CN(Cc1ccccc1)C(=O)CNC(=O)N1CCCCCCC1. The molecule has 2 rings (SSSR count). The second-order valence-electron chi connectivity index (χ2n) is 6.15. The predicted molar refractivity (Wildman–Crippen MR) is 91.0 cm³/mol. The van der Waals surface area contributed by atoms with Gasteiger partial charge in [0.15, 0.2) is 0 Å². The van der Waals surface area contributed by atoms with E-state index in [0.29, 0.717) is 6.54 Å². The fourth-order valence-corrected chi connectivity index (χ4v) is 2.79. The van der Waals surface area contributed by atoms with E-state index in [1.165, 1.54) is 19.3 Å². The molecule has 1 heterocycles. The molecule has 0 bridgehead atoms. The highest BCUT2D eigenvalue weighted by molar-refractivity contribution is 5.83. The van der Waals surface area contributed by atoms with Gasteiger partial charge in [-0.3, -0.25) is 4.79 Å². The van der Waals surface area contributed by atoms with E-state index in [4.69, 9.17) is 0 Å². The van der Waals surface area contributed by atoms with Crippen molar-refractivity contribution in [3.05, 3.63) is 35.9 Å². The number of benzene rings is 1. The van der Waals surface area contributed by atoms with E-state index in [1.54, 1.807) is 11.9 Å². The van der Waals surface area contributed by atoms with Crippen LogP contribution in [0.3, 0.4) is 0 Å². The normalized spacial score (nSPS) is 15.4. The third-order valence-corrected chi connectivity index (χ3v) is 4.22. The molecule has 3 amide bonds. The first-order valence-electron chi connectivity index (χ1n) is 8.47. The molecule has 1 aromatic carbocycles. The highest BCUT2D eigenvalue weighted by Crippen LogP contribution is 2.10. The maximum absolute atomic E-state index is 12.2. The number of rotatable bonds is 4. The lowest BCUT2D eigenvalue weighted by molar-refractivity contribution is -0.129. The van der Waals surface area contributed by atoms with Gasteiger partial charge in [0.1, 0.15) is 0 Å². The molecule has 0 saturated carbocycles. The molecule has 5 heteroatoms. The molecule has 23 heavy (non-hydrogen) atoms. The van der Waals surface area contributed by atoms with Crippen LogP contribution in [0.2, 0.25) is 0 Å². The van der Waals surface area contributed by atoms with Crippen LogP contribution in [0.5, 0.6) is 0 Å². The van der Waals surface area contributed by atoms with Gasteiger partial charge in [-0.1, -0.05) is 49.6 Å². The summed E-state index contributed by atoms with van der Waals surface area (Å²) in [5, 5.41) is 2.76. The van der Waals surface area contributed by atoms with Crippen LogP contribution in [0.4, 0.5) is 4.79 Å². The highest BCUT2D eigenvalue weighted by atomic mass is 16.2. The largest absolute Gasteiger partial charge is 0.340 e. The van der Waals surface area contributed by atoms with Crippen molar-refractivity contribution in [3.8, 4) is 0 Å². The van der Waals surface area contributed by atoms with Crippen LogP contribution in [-0.4, -0.2) is 48.4 Å². The van der Waals surface area contributed by atoms with Crippen LogP contribution in [0, 0.1) is 0 Å². The Morgan fingerprint density at radius 2 is 1.65 bits per heavy atom. The number of hydrogen-bond donors (Lipinski definition) is 1. The van der Waals surface area contributed by atoms with Crippen LogP contribution in [-0.2, 0) is 11.3 Å². The van der Waals surface area contributed by atoms with E-state index in [2.05, 4.69) is 5.32 Å². The fraction of sp³-hybridized carbons (Fsp3) is 0.556. The van der Waals surface area contributed by atoms with Crippen molar-refractivity contribution in [1.29, 1.82) is 0 Å². The molecule has 126 valence electrons. The number of carbonyl (C=O) groups excluding carboxylic acids is 2. The number of carbonyl (C=O) groups is 2. The zero-order valence-electron chi connectivity index (χ0n) is 14.0. The molecule has 0 aromatic heterocycles. The lowest BCUT2D eigenvalue weighted by atomic mass is 10.1. The number of likely N-dealkylation sites (tertiary alicyclic amines) is 1. The summed E-state index contributed by atoms with van der Waals surface area (Å²) in [6.45, 7) is 2.19. The molecule has 5 nitrogen and oxygen atoms in total. The molecule has 0 aliphatic carbocycles. The van der Waals surface area contributed by atoms with Crippen LogP contribution in [0.1, 0.15) is 37.7 Å². The molecule has 0 radical (unpaired) electrons. The first kappa shape index (κ1) is 17.3. The summed E-state index contributed by atoms with van der Waals surface area (Å²) in [6.07, 6.45) is 5.73. The molecule has 0 unspecified atom stereocenters. The van der Waals surface area contributed by atoms with Crippen molar-refractivity contribution >= 4 is 11.9 Å². The molecular formula is C18H27N3O2. The number of likely N-dealkylation sites (N-methyl/N-ethyl adjacent to an activating group) is 1. The number of hydrogen-bond acceptors (Lipinski definition) is 2. The average Bonchev–Trinajstić information content (AvgIpc) is 2.53. The van der Waals surface area contributed by atoms with E-state index in [9.17, 15) is 9.59 Å². The van der Waals surface area contributed by atoms with E-state index in [1.807, 2.05) is 35.2 Å². The van der Waals surface area contributed by atoms with Crippen molar-refractivity contribution in [3.63, 3.8) is 0 Å². The topological polar surface area (TPSA) is 52.7 Å². The Hall–Kier alpha value is -2.04. The Morgan fingerprint density at radius 3 is 2.30 bits per heavy atom. The van der Waals surface area contributed by atoms with Crippen molar-refractivity contribution in [2.75, 3.05) is 26.7 Å². The summed E-state index contributed by atoms with van der Waals surface area (Å²) in [5.74, 6) is -0.0748. The van der Waals surface area contributed by atoms with Gasteiger partial charge in [-0.2, -0.15) is 0 Å². The Bertz CT molecular complexity index is 496. The summed E-state index contributed by atoms with van der Waals surface area (Å²) in [7, 11) is 1.76. The molecule has 1 aliphatic heterocycles. The standard InChI is InChI=1S/C18H27N3O2/c1-20(15-16-10-6-5-7-11-16)17(22)14-19-18(23)21-12-8-3-2-4-9-13-21/h5-7,10-11H,2-4,8-9,12-15H2,1H3,(H,19,23). The summed E-state index contributed by atoms with van der Waals surface area (Å²) >= 11 is 0. The van der Waals surface area contributed by atoms with Gasteiger partial charge in [-0.15, -0.1) is 0 Å². The smallest absolute Gasteiger partial charge is 0.317 e. The van der Waals surface area contributed by atoms with Gasteiger partial charge in [0.05, 0.1) is 6.54 Å². The Balaban J connectivity index is 1.75. The number of urea groups is 1. The molecule has 0 atom stereocenters. The minimum atomic E-state index is -0.117. The fourth-order valence-electron chi connectivity index (χ4n) is 2.79. The van der Waals surface area contributed by atoms with Gasteiger partial charge in [0.25, 0.3) is 0 Å². The lowest BCUT2D eigenvalue weighted by Crippen LogP contribution is -2.45. The number of amides is 3. The van der Waals surface area contributed by atoms with Crippen molar-refractivity contribution in [2.24, 2.45) is 0 Å². The van der Waals surface area contributed by atoms with Crippen LogP contribution >= 0.6 is 0 Å². The van der Waals surface area contributed by atoms with Crippen molar-refractivity contribution < 1.29 is 9.59 Å². The van der Waals surface area contributed by atoms with Crippen molar-refractivity contribution in [1.82, 2.24) is 15.1 Å². The second-order valence-corrected chi connectivity index (χ2v) is 6.15. The van der Waals surface area contributed by atoms with Gasteiger partial charge in [-0.05, 0) is 18.4 Å². The molecule has 0 spiro atoms. The molecule has 1 N–H and O–H groups in total. The van der Waals surface area contributed by atoms with E-state index in [-0.39, 0.29) is 18.5 Å². The number of nitrogens with zero attached hydrogens (tertiary/aromatic N) is 2. The van der Waals surface area contributed by atoms with E-state index in [0.717, 1.165) is 31.5 Å². The van der Waals surface area contributed by atoms with Crippen LogP contribution in [0.25, 0.3) is 0 Å².